The second-order valence-corrected chi connectivity index (χ2v) is 7.20. The Kier molecular flexibility index (Phi) is 4.97. The molecule has 2 rings (SSSR count). The molecule has 1 aliphatic rings. The van der Waals surface area contributed by atoms with E-state index in [0.717, 1.165) is 12.8 Å². The van der Waals surface area contributed by atoms with Crippen molar-refractivity contribution < 1.29 is 18.3 Å². The van der Waals surface area contributed by atoms with E-state index in [1.807, 2.05) is 0 Å². The lowest BCUT2D eigenvalue weighted by Crippen LogP contribution is -2.40. The van der Waals surface area contributed by atoms with Crippen molar-refractivity contribution in [1.82, 2.24) is 4.31 Å². The summed E-state index contributed by atoms with van der Waals surface area (Å²) in [5.41, 5.74) is 0.563. The Hall–Kier alpha value is -1.44. The molecule has 1 aromatic carbocycles. The first-order valence-corrected chi connectivity index (χ1v) is 8.36. The number of aliphatic hydroxyl groups is 1. The number of nitrogens with zero attached hydrogens (tertiary/aromatic N) is 1. The molecule has 1 fully saturated rings. The van der Waals surface area contributed by atoms with E-state index in [1.165, 1.54) is 23.4 Å². The number of carbonyl (C=O) groups is 1. The van der Waals surface area contributed by atoms with Gasteiger partial charge in [-0.25, -0.2) is 8.42 Å². The van der Waals surface area contributed by atoms with E-state index in [9.17, 15) is 18.3 Å². The summed E-state index contributed by atoms with van der Waals surface area (Å²) in [6.07, 6.45) is 1.61. The Morgan fingerprint density at radius 3 is 2.62 bits per heavy atom. The van der Waals surface area contributed by atoms with Crippen LogP contribution in [0.4, 0.5) is 5.69 Å². The summed E-state index contributed by atoms with van der Waals surface area (Å²) in [4.78, 5) is 11.2. The van der Waals surface area contributed by atoms with E-state index in [-0.39, 0.29) is 23.3 Å². The van der Waals surface area contributed by atoms with Crippen molar-refractivity contribution >= 4 is 21.6 Å². The molecule has 1 aliphatic heterocycles. The number of sulfonamides is 1. The lowest BCUT2D eigenvalue weighted by Gasteiger charge is -2.30. The second-order valence-electron chi connectivity index (χ2n) is 5.26. The normalized spacial score (nSPS) is 20.2. The number of anilines is 1. The fourth-order valence-corrected chi connectivity index (χ4v) is 4.01. The van der Waals surface area contributed by atoms with Crippen LogP contribution in [0.1, 0.15) is 19.8 Å². The number of hydrogen-bond acceptors (Lipinski definition) is 4. The van der Waals surface area contributed by atoms with Gasteiger partial charge in [-0.05, 0) is 43.0 Å². The summed E-state index contributed by atoms with van der Waals surface area (Å²) < 4.78 is 26.5. The Bertz CT molecular complexity index is 598. The number of rotatable bonds is 4. The van der Waals surface area contributed by atoms with E-state index in [1.54, 1.807) is 12.1 Å². The number of carbonyl (C=O) groups excluding carboxylic acids is 1. The zero-order chi connectivity index (χ0) is 15.5. The molecule has 116 valence electrons. The van der Waals surface area contributed by atoms with E-state index < -0.39 is 10.0 Å². The highest BCUT2D eigenvalue weighted by Gasteiger charge is 2.29. The van der Waals surface area contributed by atoms with Crippen LogP contribution in [0.25, 0.3) is 0 Å². The first kappa shape index (κ1) is 15.9. The third-order valence-corrected chi connectivity index (χ3v) is 5.43. The molecule has 0 saturated carbocycles. The smallest absolute Gasteiger partial charge is 0.243 e. The molecular formula is C14H20N2O4S. The zero-order valence-electron chi connectivity index (χ0n) is 11.9. The summed E-state index contributed by atoms with van der Waals surface area (Å²) in [6.45, 7) is 2.24. The molecule has 1 atom stereocenters. The molecule has 1 amide bonds. The average Bonchev–Trinajstić information content (AvgIpc) is 2.47. The Morgan fingerprint density at radius 2 is 2.05 bits per heavy atom. The lowest BCUT2D eigenvalue weighted by atomic mass is 10.0. The van der Waals surface area contributed by atoms with Crippen LogP contribution in [0.5, 0.6) is 0 Å². The third kappa shape index (κ3) is 3.81. The minimum atomic E-state index is -3.54. The van der Waals surface area contributed by atoms with Gasteiger partial charge in [0.25, 0.3) is 0 Å². The maximum absolute atomic E-state index is 12.5. The summed E-state index contributed by atoms with van der Waals surface area (Å²) >= 11 is 0. The molecule has 0 spiro atoms. The molecule has 1 saturated heterocycles. The molecule has 1 unspecified atom stereocenters. The third-order valence-electron chi connectivity index (χ3n) is 3.55. The van der Waals surface area contributed by atoms with Crippen LogP contribution >= 0.6 is 0 Å². The maximum Gasteiger partial charge on any atom is 0.243 e. The topological polar surface area (TPSA) is 86.7 Å². The molecule has 21 heavy (non-hydrogen) atoms. The van der Waals surface area contributed by atoms with Crippen LogP contribution in [-0.4, -0.2) is 43.4 Å². The fraction of sp³-hybridized carbons (Fsp3) is 0.500. The standard InChI is InChI=1S/C14H20N2O4S/c1-11(18)15-13-4-6-14(7-5-13)21(19,20)16-8-2-3-12(9-16)10-17/h4-7,12,17H,2-3,8-10H2,1H3,(H,15,18). The van der Waals surface area contributed by atoms with Gasteiger partial charge in [-0.3, -0.25) is 4.79 Å². The predicted octanol–water partition coefficient (Wildman–Crippen LogP) is 1.04. The number of aliphatic hydroxyl groups excluding tert-OH is 1. The van der Waals surface area contributed by atoms with Crippen molar-refractivity contribution in [2.45, 2.75) is 24.7 Å². The van der Waals surface area contributed by atoms with Crippen LogP contribution < -0.4 is 5.32 Å². The Morgan fingerprint density at radius 1 is 1.38 bits per heavy atom. The minimum Gasteiger partial charge on any atom is -0.396 e. The van der Waals surface area contributed by atoms with Crippen molar-refractivity contribution in [3.63, 3.8) is 0 Å². The first-order valence-electron chi connectivity index (χ1n) is 6.92. The first-order chi connectivity index (χ1) is 9.93. The summed E-state index contributed by atoms with van der Waals surface area (Å²) in [5, 5.41) is 11.8. The lowest BCUT2D eigenvalue weighted by molar-refractivity contribution is -0.114. The quantitative estimate of drug-likeness (QED) is 0.869. The largest absolute Gasteiger partial charge is 0.396 e. The highest BCUT2D eigenvalue weighted by Crippen LogP contribution is 2.24. The van der Waals surface area contributed by atoms with Crippen molar-refractivity contribution in [2.24, 2.45) is 5.92 Å². The molecule has 0 aliphatic carbocycles. The highest BCUT2D eigenvalue weighted by atomic mass is 32.2. The molecule has 0 radical (unpaired) electrons. The van der Waals surface area contributed by atoms with Gasteiger partial charge in [-0.15, -0.1) is 0 Å². The number of amides is 1. The van der Waals surface area contributed by atoms with Crippen LogP contribution in [0, 0.1) is 5.92 Å². The Balaban J connectivity index is 2.17. The van der Waals surface area contributed by atoms with Crippen LogP contribution in [0.3, 0.4) is 0 Å². The van der Waals surface area contributed by atoms with Crippen LogP contribution in [-0.2, 0) is 14.8 Å². The summed E-state index contributed by atoms with van der Waals surface area (Å²) in [5.74, 6) is -0.195. The van der Waals surface area contributed by atoms with Gasteiger partial charge in [-0.1, -0.05) is 0 Å². The molecule has 2 N–H and O–H groups in total. The molecular weight excluding hydrogens is 292 g/mol. The van der Waals surface area contributed by atoms with Crippen molar-refractivity contribution in [2.75, 3.05) is 25.0 Å². The van der Waals surface area contributed by atoms with E-state index in [2.05, 4.69) is 5.32 Å². The van der Waals surface area contributed by atoms with E-state index in [0.29, 0.717) is 18.8 Å². The molecule has 1 aromatic rings. The highest BCUT2D eigenvalue weighted by molar-refractivity contribution is 7.89. The maximum atomic E-state index is 12.5. The number of hydrogen-bond donors (Lipinski definition) is 2. The van der Waals surface area contributed by atoms with Gasteiger partial charge in [0.05, 0.1) is 4.90 Å². The predicted molar refractivity (Wildman–Crippen MR) is 79.3 cm³/mol. The number of piperidine rings is 1. The van der Waals surface area contributed by atoms with Crippen molar-refractivity contribution in [3.8, 4) is 0 Å². The molecule has 1 heterocycles. The fourth-order valence-electron chi connectivity index (χ4n) is 2.46. The van der Waals surface area contributed by atoms with Gasteiger partial charge >= 0.3 is 0 Å². The van der Waals surface area contributed by atoms with Crippen LogP contribution in [0.15, 0.2) is 29.2 Å². The van der Waals surface area contributed by atoms with Gasteiger partial charge in [-0.2, -0.15) is 4.31 Å². The van der Waals surface area contributed by atoms with Gasteiger partial charge in [0.1, 0.15) is 0 Å². The second kappa shape index (κ2) is 6.55. The molecule has 0 aromatic heterocycles. The summed E-state index contributed by atoms with van der Waals surface area (Å²) in [7, 11) is -3.54. The minimum absolute atomic E-state index is 0.00665. The number of benzene rings is 1. The monoisotopic (exact) mass is 312 g/mol. The molecule has 0 bridgehead atoms. The van der Waals surface area contributed by atoms with Crippen molar-refractivity contribution in [3.05, 3.63) is 24.3 Å². The molecule has 7 heteroatoms. The van der Waals surface area contributed by atoms with E-state index >= 15 is 0 Å². The van der Waals surface area contributed by atoms with Crippen molar-refractivity contribution in [1.29, 1.82) is 0 Å². The average molecular weight is 312 g/mol. The molecule has 6 nitrogen and oxygen atoms in total. The summed E-state index contributed by atoms with van der Waals surface area (Å²) in [6, 6.07) is 6.12. The van der Waals surface area contributed by atoms with Crippen LogP contribution in [0.2, 0.25) is 0 Å². The zero-order valence-corrected chi connectivity index (χ0v) is 12.8. The Labute approximate surface area is 124 Å². The van der Waals surface area contributed by atoms with E-state index in [4.69, 9.17) is 0 Å². The van der Waals surface area contributed by atoms with Gasteiger partial charge in [0.15, 0.2) is 0 Å². The van der Waals surface area contributed by atoms with Gasteiger partial charge < -0.3 is 10.4 Å². The van der Waals surface area contributed by atoms with Gasteiger partial charge in [0, 0.05) is 32.3 Å². The van der Waals surface area contributed by atoms with Gasteiger partial charge in [0.2, 0.25) is 15.9 Å². The number of nitrogens with one attached hydrogen (secondary N) is 1. The SMILES string of the molecule is CC(=O)Nc1ccc(S(=O)(=O)N2CCCC(CO)C2)cc1.